The van der Waals surface area contributed by atoms with Crippen LogP contribution in [0.25, 0.3) is 0 Å². The molecule has 0 bridgehead atoms. The monoisotopic (exact) mass is 228 g/mol. The minimum Gasteiger partial charge on any atom is -0.299 e. The average molecular weight is 228 g/mol. The van der Waals surface area contributed by atoms with Crippen LogP contribution in [0.2, 0.25) is 0 Å². The molecule has 2 nitrogen and oxygen atoms in total. The fourth-order valence-electron chi connectivity index (χ4n) is 0.498. The standard InChI is InChI=1S/2C7H14O/c2*1-5-7(3,4)6(2)8/h2*5H2,1-4H3. The maximum absolute atomic E-state index is 10.7. The number of carbonyl (C=O) groups is 2. The number of hydrogen-bond acceptors (Lipinski definition) is 2. The molecule has 0 heterocycles. The van der Waals surface area contributed by atoms with Gasteiger partial charge in [-0.25, -0.2) is 0 Å². The summed E-state index contributed by atoms with van der Waals surface area (Å²) in [6.07, 6.45) is 1.87. The highest BCUT2D eigenvalue weighted by atomic mass is 16.1. The van der Waals surface area contributed by atoms with Crippen molar-refractivity contribution in [1.82, 2.24) is 0 Å². The molecule has 0 aromatic rings. The van der Waals surface area contributed by atoms with E-state index in [1.54, 1.807) is 13.8 Å². The first-order chi connectivity index (χ1) is 7.01. The second-order valence-corrected chi connectivity index (χ2v) is 5.59. The largest absolute Gasteiger partial charge is 0.299 e. The lowest BCUT2D eigenvalue weighted by Gasteiger charge is -2.17. The highest BCUT2D eigenvalue weighted by molar-refractivity contribution is 5.81. The van der Waals surface area contributed by atoms with Crippen molar-refractivity contribution in [2.24, 2.45) is 10.8 Å². The lowest BCUT2D eigenvalue weighted by atomic mass is 9.86. The van der Waals surface area contributed by atoms with Crippen molar-refractivity contribution in [2.45, 2.75) is 68.2 Å². The first kappa shape index (κ1) is 17.7. The summed E-state index contributed by atoms with van der Waals surface area (Å²) in [4.78, 5) is 21.4. The van der Waals surface area contributed by atoms with Gasteiger partial charge in [0.25, 0.3) is 0 Å². The maximum atomic E-state index is 10.7. The Hall–Kier alpha value is -0.660. The van der Waals surface area contributed by atoms with Gasteiger partial charge in [-0.1, -0.05) is 41.5 Å². The molecule has 0 aromatic heterocycles. The molecule has 0 rings (SSSR count). The van der Waals surface area contributed by atoms with Gasteiger partial charge in [-0.2, -0.15) is 0 Å². The molecule has 0 unspecified atom stereocenters. The molecule has 0 saturated carbocycles. The molecule has 0 radical (unpaired) electrons. The Morgan fingerprint density at radius 2 is 0.938 bits per heavy atom. The molecule has 0 aliphatic heterocycles. The molecule has 0 aromatic carbocycles. The summed E-state index contributed by atoms with van der Waals surface area (Å²) < 4.78 is 0. The molecule has 0 saturated heterocycles. The summed E-state index contributed by atoms with van der Waals surface area (Å²) in [5.74, 6) is 0.556. The van der Waals surface area contributed by atoms with E-state index in [0.717, 1.165) is 12.8 Å². The fourth-order valence-corrected chi connectivity index (χ4v) is 0.498. The first-order valence-electron chi connectivity index (χ1n) is 6.03. The zero-order valence-corrected chi connectivity index (χ0v) is 12.2. The predicted octanol–water partition coefficient (Wildman–Crippen LogP) is 4.02. The zero-order chi connectivity index (χ0) is 13.6. The molecule has 0 atom stereocenters. The third kappa shape index (κ3) is 6.76. The van der Waals surface area contributed by atoms with Crippen LogP contribution in [0.5, 0.6) is 0 Å². The van der Waals surface area contributed by atoms with Crippen LogP contribution in [0.4, 0.5) is 0 Å². The van der Waals surface area contributed by atoms with Crippen LogP contribution in [0.1, 0.15) is 68.2 Å². The second-order valence-electron chi connectivity index (χ2n) is 5.59. The minimum atomic E-state index is -0.0972. The average Bonchev–Trinajstić information content (AvgIpc) is 2.18. The lowest BCUT2D eigenvalue weighted by Crippen LogP contribution is -2.19. The van der Waals surface area contributed by atoms with E-state index in [1.165, 1.54) is 0 Å². The Morgan fingerprint density at radius 3 is 0.938 bits per heavy atom. The molecule has 96 valence electrons. The molecule has 0 aliphatic carbocycles. The number of Topliss-reactive ketones (excluding diaryl/α,β-unsaturated/α-hetero) is 2. The quantitative estimate of drug-likeness (QED) is 0.728. The Morgan fingerprint density at radius 1 is 0.750 bits per heavy atom. The Labute approximate surface area is 101 Å². The van der Waals surface area contributed by atoms with Crippen LogP contribution >= 0.6 is 0 Å². The van der Waals surface area contributed by atoms with Crippen molar-refractivity contribution in [1.29, 1.82) is 0 Å². The molecule has 0 amide bonds. The topological polar surface area (TPSA) is 34.1 Å². The molecular formula is C14H28O2. The van der Waals surface area contributed by atoms with Crippen LogP contribution < -0.4 is 0 Å². The summed E-state index contributed by atoms with van der Waals surface area (Å²) in [6.45, 7) is 15.2. The first-order valence-corrected chi connectivity index (χ1v) is 6.03. The van der Waals surface area contributed by atoms with Gasteiger partial charge in [0.05, 0.1) is 0 Å². The van der Waals surface area contributed by atoms with Gasteiger partial charge in [0.1, 0.15) is 11.6 Å². The van der Waals surface area contributed by atoms with Gasteiger partial charge in [0.2, 0.25) is 0 Å². The highest BCUT2D eigenvalue weighted by Gasteiger charge is 2.20. The van der Waals surface area contributed by atoms with Gasteiger partial charge in [-0.3, -0.25) is 9.59 Å². The number of carbonyl (C=O) groups excluding carboxylic acids is 2. The number of rotatable bonds is 4. The maximum Gasteiger partial charge on any atom is 0.135 e. The molecule has 0 N–H and O–H groups in total. The van der Waals surface area contributed by atoms with Crippen LogP contribution in [0.15, 0.2) is 0 Å². The minimum absolute atomic E-state index is 0.0972. The molecule has 0 aliphatic rings. The van der Waals surface area contributed by atoms with E-state index in [9.17, 15) is 9.59 Å². The normalized spacial score (nSPS) is 11.5. The van der Waals surface area contributed by atoms with Crippen LogP contribution in [0, 0.1) is 10.8 Å². The van der Waals surface area contributed by atoms with E-state index in [0.29, 0.717) is 0 Å². The van der Waals surface area contributed by atoms with Gasteiger partial charge >= 0.3 is 0 Å². The van der Waals surface area contributed by atoms with Gasteiger partial charge in [-0.05, 0) is 26.7 Å². The fraction of sp³-hybridized carbons (Fsp3) is 0.857. The second kappa shape index (κ2) is 6.82. The van der Waals surface area contributed by atoms with E-state index in [-0.39, 0.29) is 22.4 Å². The van der Waals surface area contributed by atoms with Crippen LogP contribution in [-0.2, 0) is 9.59 Å². The van der Waals surface area contributed by atoms with Crippen molar-refractivity contribution in [3.8, 4) is 0 Å². The van der Waals surface area contributed by atoms with Crippen molar-refractivity contribution >= 4 is 11.6 Å². The van der Waals surface area contributed by atoms with Crippen molar-refractivity contribution < 1.29 is 9.59 Å². The van der Waals surface area contributed by atoms with Crippen molar-refractivity contribution in [3.05, 3.63) is 0 Å². The smallest absolute Gasteiger partial charge is 0.135 e. The van der Waals surface area contributed by atoms with Crippen LogP contribution in [-0.4, -0.2) is 11.6 Å². The van der Waals surface area contributed by atoms with Crippen LogP contribution in [0.3, 0.4) is 0 Å². The SMILES string of the molecule is CCC(C)(C)C(C)=O.CCC(C)(C)C(C)=O. The molecule has 0 spiro atoms. The summed E-state index contributed by atoms with van der Waals surface area (Å²) in [5.41, 5.74) is -0.194. The van der Waals surface area contributed by atoms with Gasteiger partial charge in [-0.15, -0.1) is 0 Å². The third-order valence-electron chi connectivity index (χ3n) is 3.67. The van der Waals surface area contributed by atoms with Crippen molar-refractivity contribution in [2.75, 3.05) is 0 Å². The van der Waals surface area contributed by atoms with E-state index in [2.05, 4.69) is 0 Å². The number of ketones is 2. The van der Waals surface area contributed by atoms with Gasteiger partial charge in [0, 0.05) is 10.8 Å². The Bertz CT molecular complexity index is 211. The summed E-state index contributed by atoms with van der Waals surface area (Å²) in [5, 5.41) is 0. The Kier molecular flexibility index (Phi) is 7.56. The van der Waals surface area contributed by atoms with E-state index in [4.69, 9.17) is 0 Å². The highest BCUT2D eigenvalue weighted by Crippen LogP contribution is 2.20. The molecule has 0 fully saturated rings. The molecule has 16 heavy (non-hydrogen) atoms. The van der Waals surface area contributed by atoms with Gasteiger partial charge < -0.3 is 0 Å². The van der Waals surface area contributed by atoms with Gasteiger partial charge in [0.15, 0.2) is 0 Å². The summed E-state index contributed by atoms with van der Waals surface area (Å²) in [7, 11) is 0. The lowest BCUT2D eigenvalue weighted by molar-refractivity contribution is -0.125. The zero-order valence-electron chi connectivity index (χ0n) is 12.2. The number of hydrogen-bond donors (Lipinski definition) is 0. The predicted molar refractivity (Wildman–Crippen MR) is 69.5 cm³/mol. The summed E-state index contributed by atoms with van der Waals surface area (Å²) in [6, 6.07) is 0. The van der Waals surface area contributed by atoms with E-state index in [1.807, 2.05) is 41.5 Å². The summed E-state index contributed by atoms with van der Waals surface area (Å²) >= 11 is 0. The van der Waals surface area contributed by atoms with E-state index < -0.39 is 0 Å². The third-order valence-corrected chi connectivity index (χ3v) is 3.67. The molecule has 2 heteroatoms. The van der Waals surface area contributed by atoms with E-state index >= 15 is 0 Å². The Balaban J connectivity index is 0. The molecular weight excluding hydrogens is 200 g/mol. The van der Waals surface area contributed by atoms with Crippen molar-refractivity contribution in [3.63, 3.8) is 0 Å².